The number of carbonyl (C=O) groups is 1. The van der Waals surface area contributed by atoms with Gasteiger partial charge in [-0.05, 0) is 35.9 Å². The van der Waals surface area contributed by atoms with Gasteiger partial charge in [-0.1, -0.05) is 35.9 Å². The van der Waals surface area contributed by atoms with Crippen molar-refractivity contribution >= 4 is 28.9 Å². The van der Waals surface area contributed by atoms with Crippen LogP contribution >= 0.6 is 11.6 Å². The molecule has 0 aliphatic rings. The summed E-state index contributed by atoms with van der Waals surface area (Å²) in [5.41, 5.74) is 1.38. The van der Waals surface area contributed by atoms with Crippen LogP contribution in [0.2, 0.25) is 5.02 Å². The molecule has 0 aliphatic heterocycles. The standard InChI is InChI=1S/C22H17ClN4O5/c23-16-7-5-15(6-8-16)12-26-13-17(11-24-26)25-22(28)21-10-9-18(32-21)14-31-20-4-2-1-3-19(20)27(29)30/h1-11,13H,12,14H2,(H,25,28). The summed E-state index contributed by atoms with van der Waals surface area (Å²) < 4.78 is 12.7. The lowest BCUT2D eigenvalue weighted by atomic mass is 10.2. The van der Waals surface area contributed by atoms with Gasteiger partial charge in [0.25, 0.3) is 5.91 Å². The molecule has 162 valence electrons. The van der Waals surface area contributed by atoms with Gasteiger partial charge in [0, 0.05) is 17.3 Å². The predicted octanol–water partition coefficient (Wildman–Crippen LogP) is 4.92. The lowest BCUT2D eigenvalue weighted by Gasteiger charge is -2.04. The molecule has 2 aromatic heterocycles. The Kier molecular flexibility index (Phi) is 6.18. The fourth-order valence-corrected chi connectivity index (χ4v) is 3.07. The molecule has 0 radical (unpaired) electrons. The van der Waals surface area contributed by atoms with E-state index in [0.29, 0.717) is 23.0 Å². The van der Waals surface area contributed by atoms with Gasteiger partial charge in [0.15, 0.2) is 11.5 Å². The highest BCUT2D eigenvalue weighted by molar-refractivity contribution is 6.30. The molecule has 0 spiro atoms. The Morgan fingerprint density at radius 2 is 1.94 bits per heavy atom. The Bertz CT molecular complexity index is 1250. The van der Waals surface area contributed by atoms with E-state index < -0.39 is 10.8 Å². The smallest absolute Gasteiger partial charge is 0.310 e. The van der Waals surface area contributed by atoms with Gasteiger partial charge in [-0.15, -0.1) is 0 Å². The van der Waals surface area contributed by atoms with Crippen LogP contribution in [0.4, 0.5) is 11.4 Å². The van der Waals surface area contributed by atoms with Crippen molar-refractivity contribution in [2.75, 3.05) is 5.32 Å². The number of nitrogens with zero attached hydrogens (tertiary/aromatic N) is 3. The van der Waals surface area contributed by atoms with Crippen LogP contribution in [0.15, 0.2) is 77.5 Å². The normalized spacial score (nSPS) is 10.7. The van der Waals surface area contributed by atoms with Crippen LogP contribution in [0.1, 0.15) is 21.9 Å². The van der Waals surface area contributed by atoms with Crippen molar-refractivity contribution in [3.63, 3.8) is 0 Å². The molecule has 2 heterocycles. The van der Waals surface area contributed by atoms with Crippen LogP contribution in [0.25, 0.3) is 0 Å². The van der Waals surface area contributed by atoms with E-state index >= 15 is 0 Å². The minimum Gasteiger partial charge on any atom is -0.479 e. The first-order valence-electron chi connectivity index (χ1n) is 9.51. The van der Waals surface area contributed by atoms with Gasteiger partial charge in [-0.3, -0.25) is 19.6 Å². The van der Waals surface area contributed by atoms with E-state index in [0.717, 1.165) is 5.56 Å². The number of halogens is 1. The first kappa shape index (κ1) is 21.1. The zero-order chi connectivity index (χ0) is 22.5. The molecule has 32 heavy (non-hydrogen) atoms. The fourth-order valence-electron chi connectivity index (χ4n) is 2.94. The van der Waals surface area contributed by atoms with E-state index in [-0.39, 0.29) is 23.8 Å². The second-order valence-electron chi connectivity index (χ2n) is 6.79. The number of hydrogen-bond donors (Lipinski definition) is 1. The molecule has 0 saturated heterocycles. The molecule has 1 amide bonds. The molecule has 4 rings (SSSR count). The first-order chi connectivity index (χ1) is 15.5. The Hall–Kier alpha value is -4.11. The SMILES string of the molecule is O=C(Nc1cnn(Cc2ccc(Cl)cc2)c1)c1ccc(COc2ccccc2[N+](=O)[O-])o1. The highest BCUT2D eigenvalue weighted by Gasteiger charge is 2.16. The van der Waals surface area contributed by atoms with Crippen LogP contribution in [-0.4, -0.2) is 20.6 Å². The average molecular weight is 453 g/mol. The van der Waals surface area contributed by atoms with Crippen LogP contribution in [0.5, 0.6) is 5.75 Å². The molecule has 2 aromatic carbocycles. The van der Waals surface area contributed by atoms with E-state index in [9.17, 15) is 14.9 Å². The fraction of sp³-hybridized carbons (Fsp3) is 0.0909. The zero-order valence-electron chi connectivity index (χ0n) is 16.6. The number of aromatic nitrogens is 2. The lowest BCUT2D eigenvalue weighted by Crippen LogP contribution is -2.10. The third kappa shape index (κ3) is 5.13. The molecule has 0 aliphatic carbocycles. The molecule has 0 atom stereocenters. The summed E-state index contributed by atoms with van der Waals surface area (Å²) >= 11 is 5.89. The number of para-hydroxylation sites is 2. The van der Waals surface area contributed by atoms with E-state index in [1.54, 1.807) is 41.2 Å². The summed E-state index contributed by atoms with van der Waals surface area (Å²) in [5, 5.41) is 18.7. The number of anilines is 1. The summed E-state index contributed by atoms with van der Waals surface area (Å²) in [6.07, 6.45) is 3.24. The van der Waals surface area contributed by atoms with E-state index in [1.165, 1.54) is 24.4 Å². The Labute approximate surface area is 187 Å². The highest BCUT2D eigenvalue weighted by atomic mass is 35.5. The topological polar surface area (TPSA) is 112 Å². The van der Waals surface area contributed by atoms with Gasteiger partial charge < -0.3 is 14.5 Å². The van der Waals surface area contributed by atoms with Crippen molar-refractivity contribution in [2.24, 2.45) is 0 Å². The number of rotatable bonds is 8. The van der Waals surface area contributed by atoms with Gasteiger partial charge in [0.05, 0.1) is 23.4 Å². The first-order valence-corrected chi connectivity index (χ1v) is 9.89. The molecular formula is C22H17ClN4O5. The second-order valence-corrected chi connectivity index (χ2v) is 7.22. The maximum Gasteiger partial charge on any atom is 0.310 e. The third-order valence-electron chi connectivity index (χ3n) is 4.47. The largest absolute Gasteiger partial charge is 0.479 e. The quantitative estimate of drug-likeness (QED) is 0.300. The van der Waals surface area contributed by atoms with E-state index in [2.05, 4.69) is 10.4 Å². The summed E-state index contributed by atoms with van der Waals surface area (Å²) in [6.45, 7) is 0.470. The van der Waals surface area contributed by atoms with Crippen LogP contribution < -0.4 is 10.1 Å². The van der Waals surface area contributed by atoms with Crippen LogP contribution in [0, 0.1) is 10.1 Å². The Morgan fingerprint density at radius 3 is 2.72 bits per heavy atom. The van der Waals surface area contributed by atoms with E-state index in [1.807, 2.05) is 12.1 Å². The molecule has 0 bridgehead atoms. The molecule has 0 fully saturated rings. The van der Waals surface area contributed by atoms with Crippen molar-refractivity contribution in [1.82, 2.24) is 9.78 Å². The molecular weight excluding hydrogens is 436 g/mol. The third-order valence-corrected chi connectivity index (χ3v) is 4.72. The Morgan fingerprint density at radius 1 is 1.16 bits per heavy atom. The molecule has 10 heteroatoms. The maximum atomic E-state index is 12.5. The van der Waals surface area contributed by atoms with Crippen molar-refractivity contribution in [2.45, 2.75) is 13.2 Å². The van der Waals surface area contributed by atoms with Crippen molar-refractivity contribution in [3.8, 4) is 5.75 Å². The lowest BCUT2D eigenvalue weighted by molar-refractivity contribution is -0.386. The number of carbonyl (C=O) groups excluding carboxylic acids is 1. The summed E-state index contributed by atoms with van der Waals surface area (Å²) in [6, 6.07) is 16.5. The van der Waals surface area contributed by atoms with Crippen LogP contribution in [-0.2, 0) is 13.2 Å². The molecule has 0 saturated carbocycles. The highest BCUT2D eigenvalue weighted by Crippen LogP contribution is 2.27. The molecule has 0 unspecified atom stereocenters. The number of nitro groups is 1. The number of furan rings is 1. The van der Waals surface area contributed by atoms with Gasteiger partial charge in [0.1, 0.15) is 12.4 Å². The monoisotopic (exact) mass is 452 g/mol. The van der Waals surface area contributed by atoms with Gasteiger partial charge in [-0.25, -0.2) is 0 Å². The molecule has 1 N–H and O–H groups in total. The Balaban J connectivity index is 1.35. The maximum absolute atomic E-state index is 12.5. The summed E-state index contributed by atoms with van der Waals surface area (Å²) in [7, 11) is 0. The number of nitrogens with one attached hydrogen (secondary N) is 1. The number of ether oxygens (including phenoxy) is 1. The van der Waals surface area contributed by atoms with Gasteiger partial charge >= 0.3 is 5.69 Å². The van der Waals surface area contributed by atoms with Gasteiger partial charge in [0.2, 0.25) is 0 Å². The number of amides is 1. The average Bonchev–Trinajstić information content (AvgIpc) is 3.43. The second kappa shape index (κ2) is 9.36. The van der Waals surface area contributed by atoms with Crippen molar-refractivity contribution in [3.05, 3.63) is 105 Å². The van der Waals surface area contributed by atoms with Crippen molar-refractivity contribution < 1.29 is 18.9 Å². The van der Waals surface area contributed by atoms with Gasteiger partial charge in [-0.2, -0.15) is 5.10 Å². The number of benzene rings is 2. The molecule has 9 nitrogen and oxygen atoms in total. The number of nitro benzene ring substituents is 1. The minimum atomic E-state index is -0.524. The molecule has 4 aromatic rings. The number of hydrogen-bond acceptors (Lipinski definition) is 6. The zero-order valence-corrected chi connectivity index (χ0v) is 17.4. The van der Waals surface area contributed by atoms with E-state index in [4.69, 9.17) is 20.8 Å². The van der Waals surface area contributed by atoms with Crippen molar-refractivity contribution in [1.29, 1.82) is 0 Å². The predicted molar refractivity (Wildman–Crippen MR) is 117 cm³/mol. The summed E-state index contributed by atoms with van der Waals surface area (Å²) in [4.78, 5) is 23.0. The van der Waals surface area contributed by atoms with Crippen LogP contribution in [0.3, 0.4) is 0 Å². The minimum absolute atomic E-state index is 0.0584. The summed E-state index contributed by atoms with van der Waals surface area (Å²) in [5.74, 6) is 0.101.